The molecule has 0 saturated carbocycles. The summed E-state index contributed by atoms with van der Waals surface area (Å²) >= 11 is 0. The van der Waals surface area contributed by atoms with Crippen LogP contribution in [0.5, 0.6) is 0 Å². The molecule has 1 unspecified atom stereocenters. The number of amides is 1. The summed E-state index contributed by atoms with van der Waals surface area (Å²) in [5, 5.41) is 11.7. The molecule has 0 radical (unpaired) electrons. The maximum Gasteiger partial charge on any atom is 0.335 e. The highest BCUT2D eigenvalue weighted by atomic mass is 16.5. The predicted octanol–water partition coefficient (Wildman–Crippen LogP) is 1.43. The molecule has 1 amide bonds. The summed E-state index contributed by atoms with van der Waals surface area (Å²) in [5.74, 6) is -1.08. The standard InChI is InChI=1S/C14H17NO4/c16-13(12-5-2-6-19-9-12)15-8-10-3-1-4-11(7-10)14(17)18/h1,3-4,7,12H,2,5-6,8-9H2,(H,15,16)(H,17,18). The van der Waals surface area contributed by atoms with Gasteiger partial charge in [-0.1, -0.05) is 12.1 Å². The van der Waals surface area contributed by atoms with Crippen LogP contribution >= 0.6 is 0 Å². The van der Waals surface area contributed by atoms with Crippen LogP contribution in [0.4, 0.5) is 0 Å². The molecule has 5 heteroatoms. The van der Waals surface area contributed by atoms with Gasteiger partial charge in [0.05, 0.1) is 18.1 Å². The van der Waals surface area contributed by atoms with Crippen molar-refractivity contribution in [3.63, 3.8) is 0 Å². The van der Waals surface area contributed by atoms with E-state index in [1.807, 2.05) is 0 Å². The van der Waals surface area contributed by atoms with E-state index in [1.54, 1.807) is 18.2 Å². The van der Waals surface area contributed by atoms with Crippen LogP contribution in [0.3, 0.4) is 0 Å². The number of nitrogens with one attached hydrogen (secondary N) is 1. The van der Waals surface area contributed by atoms with E-state index >= 15 is 0 Å². The number of carbonyl (C=O) groups is 2. The summed E-state index contributed by atoms with van der Waals surface area (Å²) in [6.45, 7) is 1.54. The van der Waals surface area contributed by atoms with Crippen molar-refractivity contribution in [3.05, 3.63) is 35.4 Å². The molecule has 0 aliphatic carbocycles. The van der Waals surface area contributed by atoms with E-state index in [-0.39, 0.29) is 17.4 Å². The summed E-state index contributed by atoms with van der Waals surface area (Å²) in [6.07, 6.45) is 1.76. The average molecular weight is 263 g/mol. The molecule has 102 valence electrons. The fourth-order valence-corrected chi connectivity index (χ4v) is 2.10. The molecule has 2 rings (SSSR count). The minimum atomic E-state index is -0.964. The third-order valence-corrected chi connectivity index (χ3v) is 3.17. The van der Waals surface area contributed by atoms with Crippen LogP contribution in [0, 0.1) is 5.92 Å². The zero-order valence-electron chi connectivity index (χ0n) is 10.6. The lowest BCUT2D eigenvalue weighted by Gasteiger charge is -2.21. The van der Waals surface area contributed by atoms with Gasteiger partial charge in [0.1, 0.15) is 0 Å². The summed E-state index contributed by atoms with van der Waals surface area (Å²) in [5.41, 5.74) is 1.01. The molecule has 1 fully saturated rings. The number of ether oxygens (including phenoxy) is 1. The Kier molecular flexibility index (Phi) is 4.52. The minimum absolute atomic E-state index is 0.0274. The lowest BCUT2D eigenvalue weighted by atomic mass is 10.0. The van der Waals surface area contributed by atoms with Crippen molar-refractivity contribution in [2.24, 2.45) is 5.92 Å². The number of rotatable bonds is 4. The zero-order chi connectivity index (χ0) is 13.7. The molecular weight excluding hydrogens is 246 g/mol. The number of carboxylic acids is 1. The Morgan fingerprint density at radius 3 is 2.95 bits per heavy atom. The molecule has 1 saturated heterocycles. The molecule has 19 heavy (non-hydrogen) atoms. The molecule has 0 aromatic heterocycles. The summed E-state index contributed by atoms with van der Waals surface area (Å²) in [7, 11) is 0. The molecule has 1 aliphatic heterocycles. The Balaban J connectivity index is 1.89. The van der Waals surface area contributed by atoms with E-state index in [0.717, 1.165) is 25.0 Å². The van der Waals surface area contributed by atoms with Crippen LogP contribution in [0.15, 0.2) is 24.3 Å². The van der Waals surface area contributed by atoms with Crippen LogP contribution in [0.1, 0.15) is 28.8 Å². The molecule has 1 atom stereocenters. The lowest BCUT2D eigenvalue weighted by Crippen LogP contribution is -2.35. The molecule has 1 aromatic rings. The normalized spacial score (nSPS) is 18.8. The van der Waals surface area contributed by atoms with Crippen molar-refractivity contribution in [1.29, 1.82) is 0 Å². The Morgan fingerprint density at radius 2 is 2.26 bits per heavy atom. The first-order valence-corrected chi connectivity index (χ1v) is 6.34. The number of benzene rings is 1. The van der Waals surface area contributed by atoms with Crippen LogP contribution in [-0.4, -0.2) is 30.2 Å². The van der Waals surface area contributed by atoms with Crippen LogP contribution in [0.25, 0.3) is 0 Å². The Hall–Kier alpha value is -1.88. The second-order valence-electron chi connectivity index (χ2n) is 4.64. The number of hydrogen-bond donors (Lipinski definition) is 2. The molecule has 0 bridgehead atoms. The molecule has 1 aliphatic rings. The third kappa shape index (κ3) is 3.79. The first-order chi connectivity index (χ1) is 9.16. The van der Waals surface area contributed by atoms with Gasteiger partial charge in [-0.3, -0.25) is 4.79 Å². The Morgan fingerprint density at radius 1 is 1.42 bits per heavy atom. The van der Waals surface area contributed by atoms with Gasteiger partial charge in [-0.2, -0.15) is 0 Å². The predicted molar refractivity (Wildman–Crippen MR) is 68.8 cm³/mol. The number of aromatic carboxylic acids is 1. The monoisotopic (exact) mass is 263 g/mol. The van der Waals surface area contributed by atoms with Gasteiger partial charge in [-0.25, -0.2) is 4.79 Å². The summed E-state index contributed by atoms with van der Waals surface area (Å²) < 4.78 is 5.27. The molecule has 0 spiro atoms. The van der Waals surface area contributed by atoms with E-state index in [0.29, 0.717) is 13.2 Å². The van der Waals surface area contributed by atoms with Crippen LogP contribution in [-0.2, 0) is 16.1 Å². The second-order valence-corrected chi connectivity index (χ2v) is 4.64. The van der Waals surface area contributed by atoms with E-state index < -0.39 is 5.97 Å². The lowest BCUT2D eigenvalue weighted by molar-refractivity contribution is -0.129. The van der Waals surface area contributed by atoms with Crippen molar-refractivity contribution in [2.75, 3.05) is 13.2 Å². The fraction of sp³-hybridized carbons (Fsp3) is 0.429. The fourth-order valence-electron chi connectivity index (χ4n) is 2.10. The average Bonchev–Trinajstić information content (AvgIpc) is 2.46. The van der Waals surface area contributed by atoms with Gasteiger partial charge in [-0.15, -0.1) is 0 Å². The molecule has 2 N–H and O–H groups in total. The van der Waals surface area contributed by atoms with E-state index in [1.165, 1.54) is 6.07 Å². The molecule has 1 aromatic carbocycles. The highest BCUT2D eigenvalue weighted by molar-refractivity contribution is 5.87. The Labute approximate surface area is 111 Å². The highest BCUT2D eigenvalue weighted by Gasteiger charge is 2.21. The van der Waals surface area contributed by atoms with Crippen molar-refractivity contribution in [3.8, 4) is 0 Å². The van der Waals surface area contributed by atoms with Gasteiger partial charge < -0.3 is 15.2 Å². The topological polar surface area (TPSA) is 75.6 Å². The van der Waals surface area contributed by atoms with Gasteiger partial charge in [0.25, 0.3) is 0 Å². The zero-order valence-corrected chi connectivity index (χ0v) is 10.6. The van der Waals surface area contributed by atoms with Crippen LogP contribution in [0.2, 0.25) is 0 Å². The first kappa shape index (κ1) is 13.5. The third-order valence-electron chi connectivity index (χ3n) is 3.17. The minimum Gasteiger partial charge on any atom is -0.478 e. The van der Waals surface area contributed by atoms with Gasteiger partial charge in [-0.05, 0) is 30.5 Å². The Bertz CT molecular complexity index is 466. The van der Waals surface area contributed by atoms with Crippen molar-refractivity contribution in [1.82, 2.24) is 5.32 Å². The van der Waals surface area contributed by atoms with Gasteiger partial charge in [0, 0.05) is 13.2 Å². The van der Waals surface area contributed by atoms with Crippen molar-refractivity contribution in [2.45, 2.75) is 19.4 Å². The first-order valence-electron chi connectivity index (χ1n) is 6.34. The quantitative estimate of drug-likeness (QED) is 0.861. The molecule has 1 heterocycles. The highest BCUT2D eigenvalue weighted by Crippen LogP contribution is 2.14. The van der Waals surface area contributed by atoms with Gasteiger partial charge >= 0.3 is 5.97 Å². The maximum absolute atomic E-state index is 11.9. The van der Waals surface area contributed by atoms with Crippen molar-refractivity contribution < 1.29 is 19.4 Å². The van der Waals surface area contributed by atoms with Gasteiger partial charge in [0.2, 0.25) is 5.91 Å². The van der Waals surface area contributed by atoms with E-state index in [9.17, 15) is 9.59 Å². The SMILES string of the molecule is O=C(O)c1cccc(CNC(=O)C2CCCOC2)c1. The second kappa shape index (κ2) is 6.33. The van der Waals surface area contributed by atoms with Crippen molar-refractivity contribution >= 4 is 11.9 Å². The van der Waals surface area contributed by atoms with Gasteiger partial charge in [0.15, 0.2) is 0 Å². The number of carboxylic acid groups (broad SMARTS) is 1. The van der Waals surface area contributed by atoms with Crippen LogP contribution < -0.4 is 5.32 Å². The molecule has 5 nitrogen and oxygen atoms in total. The summed E-state index contributed by atoms with van der Waals surface area (Å²) in [4.78, 5) is 22.7. The summed E-state index contributed by atoms with van der Waals surface area (Å²) in [6, 6.07) is 6.57. The van der Waals surface area contributed by atoms with E-state index in [2.05, 4.69) is 5.32 Å². The largest absolute Gasteiger partial charge is 0.478 e. The number of hydrogen-bond acceptors (Lipinski definition) is 3. The smallest absolute Gasteiger partial charge is 0.335 e. The number of carbonyl (C=O) groups excluding carboxylic acids is 1. The maximum atomic E-state index is 11.9. The van der Waals surface area contributed by atoms with E-state index in [4.69, 9.17) is 9.84 Å². The molecular formula is C14H17NO4.